The highest BCUT2D eigenvalue weighted by Crippen LogP contribution is 2.16. The summed E-state index contributed by atoms with van der Waals surface area (Å²) in [5.41, 5.74) is 0. The van der Waals surface area contributed by atoms with Gasteiger partial charge in [0.25, 0.3) is 6.29 Å². The molecule has 0 rings (SSSR count). The van der Waals surface area contributed by atoms with E-state index in [0.29, 0.717) is 17.4 Å². The lowest BCUT2D eigenvalue weighted by Gasteiger charge is -2.25. The second kappa shape index (κ2) is 70.5. The standard InChI is InChI=1S/C82H133NO8/c1-6-8-10-12-14-16-18-20-22-24-26-28-30-32-33-34-35-36-37-38-39-40-41-42-43-44-45-46-47-49-51-53-55-57-59-61-63-65-67-69-71-73-80(85)91-78(77-90-82(81(86)87)88-75-74-83(3,4)5)76-89-79(84)72-70-68-66-64-62-60-58-56-54-52-50-48-31-29-27-25-23-21-19-17-15-13-11-9-7-2/h8,10,14,16,19-22,25-28,32-33,35-36,38-39,41-42,44-45,47,49,53,55,59,61,78,82H,6-7,9,11-13,15,17-18,23-24,29-31,34,37,40,43,46,48,50-52,54,56-58,60,62-77H2,1-5H3/p+1/b10-8-,16-14-,21-19-,22-20-,27-25-,28-26-,33-32-,36-35-,39-38-,42-41-,45-44-,49-47-,55-53-,61-59-. The predicted molar refractivity (Wildman–Crippen MR) is 391 cm³/mol. The van der Waals surface area contributed by atoms with E-state index in [4.69, 9.17) is 18.9 Å². The van der Waals surface area contributed by atoms with Crippen molar-refractivity contribution in [3.63, 3.8) is 0 Å². The molecule has 0 amide bonds. The molecule has 0 saturated carbocycles. The molecule has 2 atom stereocenters. The molecule has 0 aliphatic rings. The topological polar surface area (TPSA) is 108 Å². The average molecular weight is 1260 g/mol. The van der Waals surface area contributed by atoms with Crippen LogP contribution < -0.4 is 0 Å². The maximum atomic E-state index is 12.9. The van der Waals surface area contributed by atoms with Crippen LogP contribution >= 0.6 is 0 Å². The number of allylic oxidation sites excluding steroid dienone is 28. The number of carbonyl (C=O) groups excluding carboxylic acids is 2. The Kier molecular flexibility index (Phi) is 66.4. The zero-order chi connectivity index (χ0) is 66.1. The zero-order valence-corrected chi connectivity index (χ0v) is 58.7. The van der Waals surface area contributed by atoms with Gasteiger partial charge in [-0.15, -0.1) is 0 Å². The predicted octanol–water partition coefficient (Wildman–Crippen LogP) is 23.0. The van der Waals surface area contributed by atoms with Crippen molar-refractivity contribution in [1.29, 1.82) is 0 Å². The summed E-state index contributed by atoms with van der Waals surface area (Å²) >= 11 is 0. The monoisotopic (exact) mass is 1260 g/mol. The lowest BCUT2D eigenvalue weighted by molar-refractivity contribution is -0.870. The van der Waals surface area contributed by atoms with E-state index in [1.807, 2.05) is 21.1 Å². The lowest BCUT2D eigenvalue weighted by Crippen LogP contribution is -2.40. The first-order valence-electron chi connectivity index (χ1n) is 36.3. The van der Waals surface area contributed by atoms with Crippen molar-refractivity contribution in [2.45, 2.75) is 283 Å². The quantitative estimate of drug-likeness (QED) is 0.0211. The first-order chi connectivity index (χ1) is 44.6. The highest BCUT2D eigenvalue weighted by Gasteiger charge is 2.25. The van der Waals surface area contributed by atoms with Crippen molar-refractivity contribution in [2.75, 3.05) is 47.5 Å². The second-order valence-electron chi connectivity index (χ2n) is 24.8. The minimum atomic E-state index is -1.53. The van der Waals surface area contributed by atoms with Crippen LogP contribution in [0.4, 0.5) is 0 Å². The molecule has 0 saturated heterocycles. The number of carbonyl (C=O) groups is 3. The normalized spacial score (nSPS) is 13.7. The van der Waals surface area contributed by atoms with Crippen LogP contribution in [0.15, 0.2) is 170 Å². The highest BCUT2D eigenvalue weighted by atomic mass is 16.7. The Bertz CT molecular complexity index is 2100. The van der Waals surface area contributed by atoms with E-state index >= 15 is 0 Å². The maximum Gasteiger partial charge on any atom is 0.361 e. The third-order valence-electron chi connectivity index (χ3n) is 15.0. The molecule has 91 heavy (non-hydrogen) atoms. The minimum absolute atomic E-state index is 0.174. The fraction of sp³-hybridized carbons (Fsp3) is 0.622. The van der Waals surface area contributed by atoms with Crippen molar-refractivity contribution in [2.24, 2.45) is 0 Å². The van der Waals surface area contributed by atoms with Crippen LogP contribution in [0.5, 0.6) is 0 Å². The Labute approximate surface area is 558 Å². The second-order valence-corrected chi connectivity index (χ2v) is 24.8. The Morgan fingerprint density at radius 3 is 0.934 bits per heavy atom. The highest BCUT2D eigenvalue weighted by molar-refractivity contribution is 5.71. The summed E-state index contributed by atoms with van der Waals surface area (Å²) in [7, 11) is 5.96. The van der Waals surface area contributed by atoms with Gasteiger partial charge >= 0.3 is 17.9 Å². The molecule has 0 aliphatic heterocycles. The van der Waals surface area contributed by atoms with Gasteiger partial charge in [-0.25, -0.2) is 4.79 Å². The number of nitrogens with zero attached hydrogens (tertiary/aromatic N) is 1. The molecule has 0 radical (unpaired) electrons. The van der Waals surface area contributed by atoms with Crippen LogP contribution in [-0.2, 0) is 33.3 Å². The molecule has 0 fully saturated rings. The Balaban J connectivity index is 4.23. The van der Waals surface area contributed by atoms with Gasteiger partial charge in [0.05, 0.1) is 34.4 Å². The summed E-state index contributed by atoms with van der Waals surface area (Å²) in [4.78, 5) is 37.6. The van der Waals surface area contributed by atoms with E-state index in [1.54, 1.807) is 0 Å². The SMILES string of the molecule is CC/C=C\C/C=C\C/C=C\C/C=C\C/C=C\C/C=C\C/C=C\C/C=C\C/C=C\C/C=C\C/C=C\C/C=C\CCCCCCC(=O)OC(COC(=O)CCCCCCCCCCCCCCC/C=C\C/C=C\CCCCCCC)COC(OCC[N+](C)(C)C)C(=O)O. The number of carboxylic acid groups (broad SMARTS) is 1. The van der Waals surface area contributed by atoms with Gasteiger partial charge in [-0.05, 0) is 135 Å². The van der Waals surface area contributed by atoms with Gasteiger partial charge in [0.1, 0.15) is 13.2 Å². The number of rotatable bonds is 65. The summed E-state index contributed by atoms with van der Waals surface area (Å²) in [6.07, 6.45) is 103. The number of hydrogen-bond acceptors (Lipinski definition) is 7. The summed E-state index contributed by atoms with van der Waals surface area (Å²) < 4.78 is 22.9. The van der Waals surface area contributed by atoms with Crippen molar-refractivity contribution in [3.05, 3.63) is 170 Å². The molecule has 0 aromatic rings. The molecule has 0 spiro atoms. The molecule has 1 N–H and O–H groups in total. The summed E-state index contributed by atoms with van der Waals surface area (Å²) in [5, 5.41) is 9.75. The fourth-order valence-electron chi connectivity index (χ4n) is 9.44. The number of carboxylic acids is 1. The van der Waals surface area contributed by atoms with Crippen LogP contribution in [0.2, 0.25) is 0 Å². The largest absolute Gasteiger partial charge is 0.477 e. The summed E-state index contributed by atoms with van der Waals surface area (Å²) in [5.74, 6) is -2.05. The van der Waals surface area contributed by atoms with Crippen molar-refractivity contribution in [3.8, 4) is 0 Å². The molecule has 514 valence electrons. The number of likely N-dealkylation sites (N-methyl/N-ethyl adjacent to an activating group) is 1. The summed E-state index contributed by atoms with van der Waals surface area (Å²) in [6, 6.07) is 0. The molecule has 0 aromatic carbocycles. The summed E-state index contributed by atoms with van der Waals surface area (Å²) in [6.45, 7) is 4.72. The third-order valence-corrected chi connectivity index (χ3v) is 15.0. The van der Waals surface area contributed by atoms with Gasteiger partial charge in [-0.3, -0.25) is 9.59 Å². The molecule has 9 heteroatoms. The molecular formula is C82H134NO8+. The van der Waals surface area contributed by atoms with Crippen LogP contribution in [0.3, 0.4) is 0 Å². The Hall–Kier alpha value is -5.35. The van der Waals surface area contributed by atoms with Gasteiger partial charge in [0.15, 0.2) is 6.10 Å². The van der Waals surface area contributed by atoms with E-state index < -0.39 is 24.3 Å². The lowest BCUT2D eigenvalue weighted by atomic mass is 10.0. The van der Waals surface area contributed by atoms with Crippen LogP contribution in [-0.4, -0.2) is 87.4 Å². The van der Waals surface area contributed by atoms with Gasteiger partial charge < -0.3 is 28.5 Å². The molecule has 0 bridgehead atoms. The fourth-order valence-corrected chi connectivity index (χ4v) is 9.44. The molecule has 0 aromatic heterocycles. The van der Waals surface area contributed by atoms with Crippen LogP contribution in [0.1, 0.15) is 271 Å². The number of aliphatic carboxylic acids is 1. The van der Waals surface area contributed by atoms with Crippen LogP contribution in [0, 0.1) is 0 Å². The zero-order valence-electron chi connectivity index (χ0n) is 58.7. The minimum Gasteiger partial charge on any atom is -0.477 e. The van der Waals surface area contributed by atoms with Gasteiger partial charge in [0, 0.05) is 12.8 Å². The van der Waals surface area contributed by atoms with E-state index in [0.717, 1.165) is 128 Å². The Morgan fingerprint density at radius 2 is 0.626 bits per heavy atom. The van der Waals surface area contributed by atoms with E-state index in [-0.39, 0.29) is 38.6 Å². The molecular weight excluding hydrogens is 1130 g/mol. The Morgan fingerprint density at radius 1 is 0.341 bits per heavy atom. The van der Waals surface area contributed by atoms with E-state index in [1.165, 1.54) is 109 Å². The van der Waals surface area contributed by atoms with Crippen molar-refractivity contribution in [1.82, 2.24) is 0 Å². The first-order valence-corrected chi connectivity index (χ1v) is 36.3. The van der Waals surface area contributed by atoms with Gasteiger partial charge in [0.2, 0.25) is 0 Å². The number of quaternary nitrogens is 1. The average Bonchev–Trinajstić information content (AvgIpc) is 3.53. The first kappa shape index (κ1) is 85.7. The molecule has 9 nitrogen and oxygen atoms in total. The maximum absolute atomic E-state index is 12.9. The van der Waals surface area contributed by atoms with E-state index in [2.05, 4.69) is 184 Å². The molecule has 0 aliphatic carbocycles. The number of hydrogen-bond donors (Lipinski definition) is 1. The number of ether oxygens (including phenoxy) is 4. The molecule has 2 unspecified atom stereocenters. The molecule has 0 heterocycles. The number of unbranched alkanes of at least 4 members (excludes halogenated alkanes) is 22. The van der Waals surface area contributed by atoms with Crippen molar-refractivity contribution < 1.29 is 42.9 Å². The van der Waals surface area contributed by atoms with Crippen molar-refractivity contribution >= 4 is 17.9 Å². The van der Waals surface area contributed by atoms with Gasteiger partial charge in [-0.2, -0.15) is 0 Å². The third kappa shape index (κ3) is 71.9. The van der Waals surface area contributed by atoms with Gasteiger partial charge in [-0.1, -0.05) is 293 Å². The van der Waals surface area contributed by atoms with Crippen LogP contribution in [0.25, 0.3) is 0 Å². The smallest absolute Gasteiger partial charge is 0.361 e. The van der Waals surface area contributed by atoms with E-state index in [9.17, 15) is 19.5 Å². The number of esters is 2.